The lowest BCUT2D eigenvalue weighted by molar-refractivity contribution is -0.118. The van der Waals surface area contributed by atoms with Gasteiger partial charge in [-0.25, -0.2) is 0 Å². The molecule has 0 saturated carbocycles. The fraction of sp³-hybridized carbons (Fsp3) is 0.500. The number of rotatable bonds is 5. The third-order valence-corrected chi connectivity index (χ3v) is 3.13. The monoisotopic (exact) mass is 257 g/mol. The Balaban J connectivity index is 2.39. The highest BCUT2D eigenvalue weighted by Gasteiger charge is 2.16. The SMILES string of the molecule is CNC(=O)CSC(C)C(=O)Nc1cc(C)on1. The lowest BCUT2D eigenvalue weighted by atomic mass is 10.4. The third kappa shape index (κ3) is 4.48. The first-order valence-corrected chi connectivity index (χ1v) is 6.14. The van der Waals surface area contributed by atoms with Gasteiger partial charge in [-0.1, -0.05) is 5.16 Å². The van der Waals surface area contributed by atoms with E-state index < -0.39 is 0 Å². The summed E-state index contributed by atoms with van der Waals surface area (Å²) in [6.45, 7) is 3.47. The van der Waals surface area contributed by atoms with Crippen LogP contribution in [0.1, 0.15) is 12.7 Å². The van der Waals surface area contributed by atoms with Gasteiger partial charge in [-0.2, -0.15) is 0 Å². The molecule has 2 N–H and O–H groups in total. The molecular formula is C10H15N3O3S. The van der Waals surface area contributed by atoms with E-state index in [1.807, 2.05) is 0 Å². The average molecular weight is 257 g/mol. The van der Waals surface area contributed by atoms with Gasteiger partial charge in [0.1, 0.15) is 5.76 Å². The Kier molecular flexibility index (Phi) is 5.02. The summed E-state index contributed by atoms with van der Waals surface area (Å²) in [6.07, 6.45) is 0. The Hall–Kier alpha value is -1.50. The maximum atomic E-state index is 11.7. The Morgan fingerprint density at radius 1 is 1.59 bits per heavy atom. The molecule has 0 bridgehead atoms. The number of aromatic nitrogens is 1. The van der Waals surface area contributed by atoms with E-state index in [9.17, 15) is 9.59 Å². The maximum absolute atomic E-state index is 11.7. The number of nitrogens with zero attached hydrogens (tertiary/aromatic N) is 1. The van der Waals surface area contributed by atoms with Crippen molar-refractivity contribution in [2.75, 3.05) is 18.1 Å². The minimum atomic E-state index is -0.329. The van der Waals surface area contributed by atoms with Crippen LogP contribution in [0.5, 0.6) is 0 Å². The molecule has 1 aromatic heterocycles. The Bertz CT molecular complexity index is 405. The largest absolute Gasteiger partial charge is 0.360 e. The summed E-state index contributed by atoms with van der Waals surface area (Å²) in [5, 5.41) is 8.43. The molecule has 1 rings (SSSR count). The number of nitrogens with one attached hydrogen (secondary N) is 2. The molecule has 1 aromatic rings. The van der Waals surface area contributed by atoms with Gasteiger partial charge in [-0.15, -0.1) is 11.8 Å². The van der Waals surface area contributed by atoms with E-state index in [1.54, 1.807) is 27.0 Å². The van der Waals surface area contributed by atoms with Crippen LogP contribution >= 0.6 is 11.8 Å². The van der Waals surface area contributed by atoms with Gasteiger partial charge in [-0.3, -0.25) is 9.59 Å². The molecule has 7 heteroatoms. The zero-order valence-corrected chi connectivity index (χ0v) is 10.8. The van der Waals surface area contributed by atoms with Crippen molar-refractivity contribution in [1.29, 1.82) is 0 Å². The summed E-state index contributed by atoms with van der Waals surface area (Å²) in [6, 6.07) is 1.63. The number of hydrogen-bond acceptors (Lipinski definition) is 5. The van der Waals surface area contributed by atoms with E-state index in [2.05, 4.69) is 15.8 Å². The zero-order chi connectivity index (χ0) is 12.8. The van der Waals surface area contributed by atoms with Crippen LogP contribution in [0.4, 0.5) is 5.82 Å². The Labute approximate surface area is 103 Å². The topological polar surface area (TPSA) is 84.2 Å². The molecule has 0 radical (unpaired) electrons. The number of aryl methyl sites for hydroxylation is 1. The second-order valence-corrected chi connectivity index (χ2v) is 4.77. The van der Waals surface area contributed by atoms with Crippen LogP contribution in [0.15, 0.2) is 10.6 Å². The van der Waals surface area contributed by atoms with Crippen molar-refractivity contribution in [1.82, 2.24) is 10.5 Å². The lowest BCUT2D eigenvalue weighted by Gasteiger charge is -2.09. The molecule has 0 aliphatic carbocycles. The van der Waals surface area contributed by atoms with Crippen molar-refractivity contribution in [2.24, 2.45) is 0 Å². The van der Waals surface area contributed by atoms with Gasteiger partial charge < -0.3 is 15.2 Å². The summed E-state index contributed by atoms with van der Waals surface area (Å²) in [7, 11) is 1.56. The van der Waals surface area contributed by atoms with E-state index >= 15 is 0 Å². The van der Waals surface area contributed by atoms with Gasteiger partial charge >= 0.3 is 0 Å². The minimum absolute atomic E-state index is 0.105. The number of amides is 2. The van der Waals surface area contributed by atoms with E-state index in [-0.39, 0.29) is 22.8 Å². The second-order valence-electron chi connectivity index (χ2n) is 3.44. The van der Waals surface area contributed by atoms with Crippen LogP contribution in [0.25, 0.3) is 0 Å². The molecule has 0 aromatic carbocycles. The summed E-state index contributed by atoms with van der Waals surface area (Å²) in [4.78, 5) is 22.7. The van der Waals surface area contributed by atoms with Crippen LogP contribution in [0.3, 0.4) is 0 Å². The first-order valence-electron chi connectivity index (χ1n) is 5.09. The minimum Gasteiger partial charge on any atom is -0.360 e. The Morgan fingerprint density at radius 2 is 2.29 bits per heavy atom. The molecule has 0 aliphatic heterocycles. The van der Waals surface area contributed by atoms with Crippen LogP contribution < -0.4 is 10.6 Å². The molecule has 1 atom stereocenters. The van der Waals surface area contributed by atoms with E-state index in [4.69, 9.17) is 4.52 Å². The highest BCUT2D eigenvalue weighted by molar-refractivity contribution is 8.01. The van der Waals surface area contributed by atoms with Crippen LogP contribution in [0, 0.1) is 6.92 Å². The molecule has 0 aliphatic rings. The smallest absolute Gasteiger partial charge is 0.238 e. The van der Waals surface area contributed by atoms with E-state index in [1.165, 1.54) is 11.8 Å². The third-order valence-electron chi connectivity index (χ3n) is 1.99. The quantitative estimate of drug-likeness (QED) is 0.814. The number of hydrogen-bond donors (Lipinski definition) is 2. The number of carbonyl (C=O) groups excluding carboxylic acids is 2. The fourth-order valence-corrected chi connectivity index (χ4v) is 1.76. The molecule has 1 heterocycles. The van der Waals surface area contributed by atoms with Gasteiger partial charge in [0.25, 0.3) is 0 Å². The molecular weight excluding hydrogens is 242 g/mol. The summed E-state index contributed by atoms with van der Waals surface area (Å²) in [5.74, 6) is 0.966. The summed E-state index contributed by atoms with van der Waals surface area (Å²) in [5.41, 5.74) is 0. The molecule has 1 unspecified atom stereocenters. The van der Waals surface area contributed by atoms with Crippen molar-refractivity contribution in [2.45, 2.75) is 19.1 Å². The number of thioether (sulfide) groups is 1. The second kappa shape index (κ2) is 6.29. The fourth-order valence-electron chi connectivity index (χ4n) is 1.00. The predicted octanol–water partition coefficient (Wildman–Crippen LogP) is 0.789. The maximum Gasteiger partial charge on any atom is 0.238 e. The van der Waals surface area contributed by atoms with Crippen LogP contribution in [-0.4, -0.2) is 35.0 Å². The normalized spacial score (nSPS) is 11.9. The molecule has 2 amide bonds. The highest BCUT2D eigenvalue weighted by atomic mass is 32.2. The van der Waals surface area contributed by atoms with E-state index in [0.717, 1.165) is 0 Å². The average Bonchev–Trinajstić information content (AvgIpc) is 2.70. The predicted molar refractivity (Wildman–Crippen MR) is 65.9 cm³/mol. The Morgan fingerprint density at radius 3 is 2.82 bits per heavy atom. The van der Waals surface area contributed by atoms with Gasteiger partial charge in [0.15, 0.2) is 5.82 Å². The first kappa shape index (κ1) is 13.6. The first-order chi connectivity index (χ1) is 8.02. The van der Waals surface area contributed by atoms with Crippen LogP contribution in [-0.2, 0) is 9.59 Å². The van der Waals surface area contributed by atoms with Crippen molar-refractivity contribution in [3.63, 3.8) is 0 Å². The molecule has 6 nitrogen and oxygen atoms in total. The molecule has 17 heavy (non-hydrogen) atoms. The molecule has 94 valence electrons. The van der Waals surface area contributed by atoms with E-state index in [0.29, 0.717) is 11.6 Å². The van der Waals surface area contributed by atoms with Gasteiger partial charge in [0.2, 0.25) is 11.8 Å². The van der Waals surface area contributed by atoms with Crippen molar-refractivity contribution in [3.05, 3.63) is 11.8 Å². The summed E-state index contributed by atoms with van der Waals surface area (Å²) >= 11 is 1.26. The molecule has 0 saturated heterocycles. The highest BCUT2D eigenvalue weighted by Crippen LogP contribution is 2.13. The zero-order valence-electron chi connectivity index (χ0n) is 9.94. The lowest BCUT2D eigenvalue weighted by Crippen LogP contribution is -2.26. The molecule has 0 spiro atoms. The number of carbonyl (C=O) groups is 2. The van der Waals surface area contributed by atoms with Gasteiger partial charge in [0, 0.05) is 13.1 Å². The van der Waals surface area contributed by atoms with Crippen molar-refractivity contribution >= 4 is 29.4 Å². The summed E-state index contributed by atoms with van der Waals surface area (Å²) < 4.78 is 4.83. The van der Waals surface area contributed by atoms with Gasteiger partial charge in [-0.05, 0) is 13.8 Å². The number of anilines is 1. The van der Waals surface area contributed by atoms with Gasteiger partial charge in [0.05, 0.1) is 11.0 Å². The van der Waals surface area contributed by atoms with Crippen molar-refractivity contribution in [3.8, 4) is 0 Å². The van der Waals surface area contributed by atoms with Crippen LogP contribution in [0.2, 0.25) is 0 Å². The van der Waals surface area contributed by atoms with Crippen molar-refractivity contribution < 1.29 is 14.1 Å². The molecule has 0 fully saturated rings. The standard InChI is InChI=1S/C10H15N3O3S/c1-6-4-8(13-16-6)12-10(15)7(2)17-5-9(14)11-3/h4,7H,5H2,1-3H3,(H,11,14)(H,12,13,15).